The summed E-state index contributed by atoms with van der Waals surface area (Å²) in [6.07, 6.45) is 3.73. The topological polar surface area (TPSA) is 46.6 Å². The molecule has 0 aliphatic carbocycles. The van der Waals surface area contributed by atoms with Gasteiger partial charge in [0.05, 0.1) is 6.61 Å². The smallest absolute Gasteiger partial charge is 0.302 e. The molecule has 4 heteroatoms. The fraction of sp³-hybridized carbons (Fsp3) is 0.778. The van der Waals surface area contributed by atoms with Crippen molar-refractivity contribution in [2.24, 2.45) is 0 Å². The van der Waals surface area contributed by atoms with Crippen molar-refractivity contribution in [1.29, 1.82) is 0 Å². The summed E-state index contributed by atoms with van der Waals surface area (Å²) in [5.41, 5.74) is 0. The molecule has 13 heavy (non-hydrogen) atoms. The van der Waals surface area contributed by atoms with Gasteiger partial charge in [-0.05, 0) is 12.8 Å². The van der Waals surface area contributed by atoms with Crippen LogP contribution in [0.4, 0.5) is 0 Å². The summed E-state index contributed by atoms with van der Waals surface area (Å²) in [7, 11) is 0. The number of likely N-dealkylation sites (tertiary alicyclic amines) is 1. The molecule has 1 saturated heterocycles. The largest absolute Gasteiger partial charge is 0.466 e. The van der Waals surface area contributed by atoms with Crippen molar-refractivity contribution in [3.63, 3.8) is 0 Å². The van der Waals surface area contributed by atoms with E-state index in [0.29, 0.717) is 6.61 Å². The summed E-state index contributed by atoms with van der Waals surface area (Å²) < 4.78 is 4.82. The third kappa shape index (κ3) is 3.05. The van der Waals surface area contributed by atoms with Crippen molar-refractivity contribution in [2.45, 2.75) is 32.2 Å². The lowest BCUT2D eigenvalue weighted by Crippen LogP contribution is -2.29. The Kier molecular flexibility index (Phi) is 3.73. The monoisotopic (exact) mass is 185 g/mol. The van der Waals surface area contributed by atoms with E-state index in [-0.39, 0.29) is 12.0 Å². The van der Waals surface area contributed by atoms with Crippen molar-refractivity contribution in [1.82, 2.24) is 4.90 Å². The van der Waals surface area contributed by atoms with Crippen molar-refractivity contribution in [3.8, 4) is 0 Å². The van der Waals surface area contributed by atoms with E-state index in [4.69, 9.17) is 4.74 Å². The van der Waals surface area contributed by atoms with Gasteiger partial charge in [-0.25, -0.2) is 0 Å². The van der Waals surface area contributed by atoms with Crippen LogP contribution < -0.4 is 0 Å². The molecule has 0 aromatic carbocycles. The maximum Gasteiger partial charge on any atom is 0.302 e. The first kappa shape index (κ1) is 10.0. The molecule has 0 radical (unpaired) electrons. The highest BCUT2D eigenvalue weighted by molar-refractivity contribution is 5.65. The second-order valence-corrected chi connectivity index (χ2v) is 3.27. The van der Waals surface area contributed by atoms with E-state index >= 15 is 0 Å². The Labute approximate surface area is 77.8 Å². The number of hydrogen-bond donors (Lipinski definition) is 0. The molecule has 0 saturated carbocycles. The fourth-order valence-corrected chi connectivity index (χ4v) is 1.65. The number of carbonyl (C=O) groups excluding carboxylic acids is 2. The Morgan fingerprint density at radius 2 is 2.46 bits per heavy atom. The summed E-state index contributed by atoms with van der Waals surface area (Å²) in [4.78, 5) is 22.8. The van der Waals surface area contributed by atoms with Gasteiger partial charge in [-0.2, -0.15) is 0 Å². The van der Waals surface area contributed by atoms with Crippen LogP contribution in [0.2, 0.25) is 0 Å². The molecule has 1 atom stereocenters. The highest BCUT2D eigenvalue weighted by atomic mass is 16.5. The van der Waals surface area contributed by atoms with Crippen LogP contribution in [-0.2, 0) is 14.3 Å². The van der Waals surface area contributed by atoms with Crippen LogP contribution in [0, 0.1) is 0 Å². The molecule has 1 heterocycles. The zero-order valence-electron chi connectivity index (χ0n) is 7.86. The fourth-order valence-electron chi connectivity index (χ4n) is 1.65. The number of ether oxygens (including phenoxy) is 1. The molecule has 1 amide bonds. The third-order valence-corrected chi connectivity index (χ3v) is 2.31. The van der Waals surface area contributed by atoms with Gasteiger partial charge in [-0.15, -0.1) is 0 Å². The van der Waals surface area contributed by atoms with E-state index in [0.717, 1.165) is 32.2 Å². The van der Waals surface area contributed by atoms with E-state index in [2.05, 4.69) is 0 Å². The molecule has 74 valence electrons. The van der Waals surface area contributed by atoms with Crippen LogP contribution >= 0.6 is 0 Å². The molecule has 1 unspecified atom stereocenters. The SMILES string of the molecule is CC(=O)OCCC1CCCN1C=O. The van der Waals surface area contributed by atoms with Gasteiger partial charge in [0.2, 0.25) is 6.41 Å². The molecule has 0 aromatic rings. The first-order valence-corrected chi connectivity index (χ1v) is 4.58. The minimum atomic E-state index is -0.254. The number of esters is 1. The van der Waals surface area contributed by atoms with E-state index < -0.39 is 0 Å². The summed E-state index contributed by atoms with van der Waals surface area (Å²) in [6, 6.07) is 0.275. The molecular formula is C9H15NO3. The van der Waals surface area contributed by atoms with Crippen molar-refractivity contribution < 1.29 is 14.3 Å². The van der Waals surface area contributed by atoms with Gasteiger partial charge in [0, 0.05) is 25.9 Å². The molecule has 0 N–H and O–H groups in total. The summed E-state index contributed by atoms with van der Waals surface area (Å²) in [5.74, 6) is -0.254. The van der Waals surface area contributed by atoms with Gasteiger partial charge in [0.25, 0.3) is 0 Å². The molecule has 4 nitrogen and oxygen atoms in total. The molecule has 1 fully saturated rings. The van der Waals surface area contributed by atoms with Crippen molar-refractivity contribution in [2.75, 3.05) is 13.2 Å². The van der Waals surface area contributed by atoms with Crippen LogP contribution in [0.25, 0.3) is 0 Å². The maximum absolute atomic E-state index is 10.5. The van der Waals surface area contributed by atoms with Crippen molar-refractivity contribution >= 4 is 12.4 Å². The minimum absolute atomic E-state index is 0.254. The van der Waals surface area contributed by atoms with Crippen LogP contribution in [0.5, 0.6) is 0 Å². The molecule has 0 bridgehead atoms. The number of amides is 1. The van der Waals surface area contributed by atoms with Gasteiger partial charge in [0.1, 0.15) is 0 Å². The highest BCUT2D eigenvalue weighted by Crippen LogP contribution is 2.17. The van der Waals surface area contributed by atoms with E-state index in [9.17, 15) is 9.59 Å². The number of rotatable bonds is 4. The highest BCUT2D eigenvalue weighted by Gasteiger charge is 2.22. The summed E-state index contributed by atoms with van der Waals surface area (Å²) in [6.45, 7) is 2.66. The second-order valence-electron chi connectivity index (χ2n) is 3.27. The van der Waals surface area contributed by atoms with E-state index in [1.54, 1.807) is 4.90 Å². The maximum atomic E-state index is 10.5. The predicted molar refractivity (Wildman–Crippen MR) is 47.0 cm³/mol. The lowest BCUT2D eigenvalue weighted by molar-refractivity contribution is -0.141. The molecule has 1 aliphatic rings. The van der Waals surface area contributed by atoms with Gasteiger partial charge in [0.15, 0.2) is 0 Å². The molecule has 1 rings (SSSR count). The minimum Gasteiger partial charge on any atom is -0.466 e. The second kappa shape index (κ2) is 4.84. The van der Waals surface area contributed by atoms with Gasteiger partial charge in [-0.1, -0.05) is 0 Å². The Morgan fingerprint density at radius 1 is 1.69 bits per heavy atom. The molecule has 0 aromatic heterocycles. The number of nitrogens with zero attached hydrogens (tertiary/aromatic N) is 1. The Morgan fingerprint density at radius 3 is 3.08 bits per heavy atom. The van der Waals surface area contributed by atoms with Crippen molar-refractivity contribution in [3.05, 3.63) is 0 Å². The van der Waals surface area contributed by atoms with Crippen LogP contribution in [0.1, 0.15) is 26.2 Å². The normalized spacial score (nSPS) is 21.6. The summed E-state index contributed by atoms with van der Waals surface area (Å²) in [5, 5.41) is 0. The standard InChI is InChI=1S/C9H15NO3/c1-8(12)13-6-4-9-3-2-5-10(9)7-11/h7,9H,2-6H2,1H3. The van der Waals surface area contributed by atoms with Gasteiger partial charge < -0.3 is 9.64 Å². The summed E-state index contributed by atoms with van der Waals surface area (Å²) >= 11 is 0. The predicted octanol–water partition coefficient (Wildman–Crippen LogP) is 0.560. The van der Waals surface area contributed by atoms with Crippen LogP contribution in [-0.4, -0.2) is 36.5 Å². The number of carbonyl (C=O) groups is 2. The lowest BCUT2D eigenvalue weighted by Gasteiger charge is -2.19. The molecule has 1 aliphatic heterocycles. The Hall–Kier alpha value is -1.06. The average Bonchev–Trinajstić information content (AvgIpc) is 2.51. The average molecular weight is 185 g/mol. The Bertz CT molecular complexity index is 193. The zero-order valence-corrected chi connectivity index (χ0v) is 7.86. The van der Waals surface area contributed by atoms with Gasteiger partial charge in [-0.3, -0.25) is 9.59 Å². The van der Waals surface area contributed by atoms with Gasteiger partial charge >= 0.3 is 5.97 Å². The third-order valence-electron chi connectivity index (χ3n) is 2.31. The van der Waals surface area contributed by atoms with E-state index in [1.165, 1.54) is 6.92 Å². The first-order chi connectivity index (χ1) is 6.24. The van der Waals surface area contributed by atoms with E-state index in [1.807, 2.05) is 0 Å². The molecule has 0 spiro atoms. The zero-order chi connectivity index (χ0) is 9.68. The molecular weight excluding hydrogens is 170 g/mol. The first-order valence-electron chi connectivity index (χ1n) is 4.58. The quantitative estimate of drug-likeness (QED) is 0.475. The Balaban J connectivity index is 2.20. The van der Waals surface area contributed by atoms with Crippen LogP contribution in [0.15, 0.2) is 0 Å². The van der Waals surface area contributed by atoms with Crippen LogP contribution in [0.3, 0.4) is 0 Å². The lowest BCUT2D eigenvalue weighted by atomic mass is 10.1. The number of hydrogen-bond acceptors (Lipinski definition) is 3.